The molecule has 0 aliphatic carbocycles. The zero-order chi connectivity index (χ0) is 13.3. The minimum Gasteiger partial charge on any atom is -0.379 e. The second-order valence-corrected chi connectivity index (χ2v) is 5.31. The number of rotatable bonds is 2. The lowest BCUT2D eigenvalue weighted by Crippen LogP contribution is -2.47. The highest BCUT2D eigenvalue weighted by Gasteiger charge is 2.44. The minimum atomic E-state index is -0.686. The number of carbonyl (C=O) groups is 1. The first kappa shape index (κ1) is 13.3. The van der Waals surface area contributed by atoms with E-state index in [2.05, 4.69) is 5.32 Å². The van der Waals surface area contributed by atoms with Crippen LogP contribution in [-0.4, -0.2) is 25.2 Å². The summed E-state index contributed by atoms with van der Waals surface area (Å²) in [7, 11) is 0. The van der Waals surface area contributed by atoms with Gasteiger partial charge in [0, 0.05) is 16.8 Å². The molecule has 0 spiro atoms. The molecule has 0 bridgehead atoms. The molecule has 0 aromatic heterocycles. The third-order valence-electron chi connectivity index (χ3n) is 3.55. The van der Waals surface area contributed by atoms with Crippen LogP contribution in [0.3, 0.4) is 0 Å². The van der Waals surface area contributed by atoms with Gasteiger partial charge in [-0.3, -0.25) is 4.79 Å². The minimum absolute atomic E-state index is 0.127. The lowest BCUT2D eigenvalue weighted by molar-refractivity contribution is -0.125. The van der Waals surface area contributed by atoms with Crippen molar-refractivity contribution < 1.29 is 9.53 Å². The van der Waals surface area contributed by atoms with Crippen molar-refractivity contribution >= 4 is 23.2 Å². The van der Waals surface area contributed by atoms with Gasteiger partial charge >= 0.3 is 0 Å². The number of benzene rings is 1. The highest BCUT2D eigenvalue weighted by Crippen LogP contribution is 2.30. The van der Waals surface area contributed by atoms with E-state index >= 15 is 0 Å². The number of nitrogens with one attached hydrogen (secondary N) is 1. The number of amides is 1. The topological polar surface area (TPSA) is 64.3 Å². The molecular formula is C13H17ClN2O2. The Morgan fingerprint density at radius 1 is 1.61 bits per heavy atom. The summed E-state index contributed by atoms with van der Waals surface area (Å²) in [5.41, 5.74) is 6.80. The molecule has 1 aromatic carbocycles. The summed E-state index contributed by atoms with van der Waals surface area (Å²) in [6.07, 6.45) is 0. The molecule has 0 radical (unpaired) electrons. The first-order valence-electron chi connectivity index (χ1n) is 5.85. The fraction of sp³-hybridized carbons (Fsp3) is 0.462. The number of anilines is 1. The fourth-order valence-electron chi connectivity index (χ4n) is 1.93. The molecule has 2 rings (SSSR count). The number of nitrogens with two attached hydrogens (primary N) is 1. The van der Waals surface area contributed by atoms with Gasteiger partial charge in [-0.1, -0.05) is 17.7 Å². The van der Waals surface area contributed by atoms with Crippen LogP contribution in [0.15, 0.2) is 18.2 Å². The van der Waals surface area contributed by atoms with Crippen molar-refractivity contribution in [3.63, 3.8) is 0 Å². The molecule has 2 atom stereocenters. The average molecular weight is 269 g/mol. The van der Waals surface area contributed by atoms with Crippen LogP contribution in [0.4, 0.5) is 5.69 Å². The van der Waals surface area contributed by atoms with Gasteiger partial charge < -0.3 is 15.8 Å². The summed E-state index contributed by atoms with van der Waals surface area (Å²) >= 11 is 6.02. The Bertz CT molecular complexity index is 478. The number of halogens is 1. The predicted molar refractivity (Wildman–Crippen MR) is 71.7 cm³/mol. The van der Waals surface area contributed by atoms with Gasteiger partial charge in [0.25, 0.3) is 0 Å². The van der Waals surface area contributed by atoms with Gasteiger partial charge in [-0.15, -0.1) is 0 Å². The summed E-state index contributed by atoms with van der Waals surface area (Å²) in [5, 5.41) is 3.51. The molecule has 4 nitrogen and oxygen atoms in total. The van der Waals surface area contributed by atoms with Gasteiger partial charge in [0.15, 0.2) is 0 Å². The van der Waals surface area contributed by atoms with E-state index in [9.17, 15) is 4.79 Å². The highest BCUT2D eigenvalue weighted by atomic mass is 35.5. The van der Waals surface area contributed by atoms with Crippen molar-refractivity contribution in [3.05, 3.63) is 28.8 Å². The van der Waals surface area contributed by atoms with Gasteiger partial charge in [-0.25, -0.2) is 0 Å². The van der Waals surface area contributed by atoms with E-state index in [0.29, 0.717) is 23.9 Å². The second kappa shape index (κ2) is 4.88. The molecule has 5 heteroatoms. The normalized spacial score (nSPS) is 27.2. The summed E-state index contributed by atoms with van der Waals surface area (Å²) in [6, 6.07) is 5.14. The first-order chi connectivity index (χ1) is 8.45. The first-order valence-corrected chi connectivity index (χ1v) is 6.23. The molecule has 0 saturated carbocycles. The maximum atomic E-state index is 12.3. The van der Waals surface area contributed by atoms with Crippen molar-refractivity contribution in [2.24, 2.45) is 11.1 Å². The van der Waals surface area contributed by atoms with Gasteiger partial charge in [-0.05, 0) is 31.5 Å². The van der Waals surface area contributed by atoms with E-state index in [1.54, 1.807) is 12.1 Å². The van der Waals surface area contributed by atoms with Crippen LogP contribution in [0.5, 0.6) is 0 Å². The third-order valence-corrected chi connectivity index (χ3v) is 3.96. The largest absolute Gasteiger partial charge is 0.379 e. The molecule has 1 amide bonds. The van der Waals surface area contributed by atoms with Crippen LogP contribution in [0.1, 0.15) is 12.5 Å². The van der Waals surface area contributed by atoms with Crippen molar-refractivity contribution in [2.45, 2.75) is 19.9 Å². The lowest BCUT2D eigenvalue weighted by Gasteiger charge is -2.25. The molecule has 1 aliphatic rings. The quantitative estimate of drug-likeness (QED) is 0.862. The second-order valence-electron chi connectivity index (χ2n) is 4.91. The predicted octanol–water partition coefficient (Wildman–Crippen LogP) is 1.95. The SMILES string of the molecule is Cc1c(Cl)cccc1NC(=O)C1(C)COCC1N. The maximum Gasteiger partial charge on any atom is 0.234 e. The van der Waals surface area contributed by atoms with Crippen LogP contribution in [0.2, 0.25) is 5.02 Å². The van der Waals surface area contributed by atoms with E-state index in [-0.39, 0.29) is 11.9 Å². The van der Waals surface area contributed by atoms with E-state index < -0.39 is 5.41 Å². The van der Waals surface area contributed by atoms with Gasteiger partial charge in [-0.2, -0.15) is 0 Å². The standard InChI is InChI=1S/C13H17ClN2O2/c1-8-9(14)4-3-5-10(8)16-12(17)13(2)7-18-6-11(13)15/h3-5,11H,6-7,15H2,1-2H3,(H,16,17). The molecule has 1 heterocycles. The molecule has 3 N–H and O–H groups in total. The average Bonchev–Trinajstić information content (AvgIpc) is 2.67. The van der Waals surface area contributed by atoms with Gasteiger partial charge in [0.05, 0.1) is 18.6 Å². The maximum absolute atomic E-state index is 12.3. The summed E-state index contributed by atoms with van der Waals surface area (Å²) in [5.74, 6) is -0.127. The van der Waals surface area contributed by atoms with Crippen LogP contribution in [-0.2, 0) is 9.53 Å². The molecule has 1 aliphatic heterocycles. The Kier molecular flexibility index (Phi) is 3.61. The molecule has 1 fully saturated rings. The van der Waals surface area contributed by atoms with E-state index in [1.807, 2.05) is 19.9 Å². The number of hydrogen-bond acceptors (Lipinski definition) is 3. The zero-order valence-corrected chi connectivity index (χ0v) is 11.3. The van der Waals surface area contributed by atoms with E-state index in [1.165, 1.54) is 0 Å². The Hall–Kier alpha value is -1.10. The Morgan fingerprint density at radius 2 is 2.33 bits per heavy atom. The van der Waals surface area contributed by atoms with Gasteiger partial charge in [0.2, 0.25) is 5.91 Å². The molecular weight excluding hydrogens is 252 g/mol. The number of hydrogen-bond donors (Lipinski definition) is 2. The summed E-state index contributed by atoms with van der Waals surface area (Å²) in [4.78, 5) is 12.3. The molecule has 18 heavy (non-hydrogen) atoms. The smallest absolute Gasteiger partial charge is 0.234 e. The van der Waals surface area contributed by atoms with E-state index in [4.69, 9.17) is 22.1 Å². The fourth-order valence-corrected chi connectivity index (χ4v) is 2.11. The Morgan fingerprint density at radius 3 is 2.94 bits per heavy atom. The molecule has 1 saturated heterocycles. The third kappa shape index (κ3) is 2.23. The number of carbonyl (C=O) groups excluding carboxylic acids is 1. The van der Waals surface area contributed by atoms with Crippen LogP contribution < -0.4 is 11.1 Å². The van der Waals surface area contributed by atoms with Gasteiger partial charge in [0.1, 0.15) is 0 Å². The van der Waals surface area contributed by atoms with Crippen molar-refractivity contribution in [3.8, 4) is 0 Å². The summed E-state index contributed by atoms with van der Waals surface area (Å²) in [6.45, 7) is 4.45. The summed E-state index contributed by atoms with van der Waals surface area (Å²) < 4.78 is 5.27. The monoisotopic (exact) mass is 268 g/mol. The highest BCUT2D eigenvalue weighted by molar-refractivity contribution is 6.31. The van der Waals surface area contributed by atoms with Crippen LogP contribution >= 0.6 is 11.6 Å². The Balaban J connectivity index is 2.19. The van der Waals surface area contributed by atoms with E-state index in [0.717, 1.165) is 5.56 Å². The van der Waals surface area contributed by atoms with Crippen LogP contribution in [0, 0.1) is 12.3 Å². The molecule has 98 valence electrons. The lowest BCUT2D eigenvalue weighted by atomic mass is 9.84. The molecule has 2 unspecified atom stereocenters. The molecule has 1 aromatic rings. The van der Waals surface area contributed by atoms with Crippen molar-refractivity contribution in [1.82, 2.24) is 0 Å². The Labute approximate surface area is 111 Å². The van der Waals surface area contributed by atoms with Crippen LogP contribution in [0.25, 0.3) is 0 Å². The number of ether oxygens (including phenoxy) is 1. The zero-order valence-electron chi connectivity index (χ0n) is 10.5. The van der Waals surface area contributed by atoms with Crippen molar-refractivity contribution in [2.75, 3.05) is 18.5 Å². The van der Waals surface area contributed by atoms with Crippen molar-refractivity contribution in [1.29, 1.82) is 0 Å².